The molecule has 3 aliphatic carbocycles. The summed E-state index contributed by atoms with van der Waals surface area (Å²) in [6.07, 6.45) is -0.147. The van der Waals surface area contributed by atoms with Crippen molar-refractivity contribution in [3.8, 4) is 0 Å². The number of aliphatic hydroxyl groups excluding tert-OH is 1. The molecule has 1 spiro atoms. The molecule has 3 fully saturated rings. The van der Waals surface area contributed by atoms with Gasteiger partial charge in [0.15, 0.2) is 5.78 Å². The van der Waals surface area contributed by atoms with E-state index in [1.54, 1.807) is 0 Å². The molecule has 0 radical (unpaired) electrons. The number of aliphatic hydroxyl groups is 1. The highest BCUT2D eigenvalue weighted by atomic mass is 16.6. The number of carbonyl (C=O) groups excluding carboxylic acids is 3. The summed E-state index contributed by atoms with van der Waals surface area (Å²) in [5, 5.41) is 10.9. The van der Waals surface area contributed by atoms with Gasteiger partial charge in [-0.15, -0.1) is 0 Å². The second kappa shape index (κ2) is 4.88. The minimum absolute atomic E-state index is 0.0366. The lowest BCUT2D eigenvalue weighted by atomic mass is 9.63. The molecule has 4 rings (SSSR count). The first kappa shape index (κ1) is 15.8. The maximum absolute atomic E-state index is 13.1. The molecule has 1 saturated heterocycles. The third-order valence-electron chi connectivity index (χ3n) is 6.57. The summed E-state index contributed by atoms with van der Waals surface area (Å²) >= 11 is 0. The van der Waals surface area contributed by atoms with Gasteiger partial charge in [0, 0.05) is 30.8 Å². The monoisotopic (exact) mass is 330 g/mol. The Bertz CT molecular complexity index is 717. The Morgan fingerprint density at radius 2 is 1.96 bits per heavy atom. The van der Waals surface area contributed by atoms with Gasteiger partial charge in [0.1, 0.15) is 23.4 Å². The van der Waals surface area contributed by atoms with Gasteiger partial charge in [-0.25, -0.2) is 0 Å². The van der Waals surface area contributed by atoms with Crippen LogP contribution in [0.15, 0.2) is 23.3 Å². The first-order valence-electron chi connectivity index (χ1n) is 8.59. The SMILES string of the molecule is C=C(C)[C@H]1CC(=O)C[C@H]2C(=O)C3=C(C)C[C@@H]4OC(=O)[C@@]3([C@@H]2C1)[C@H]4O. The molecule has 128 valence electrons. The number of fused-ring (bicyclic) bond motifs is 2. The smallest absolute Gasteiger partial charge is 0.320 e. The fraction of sp³-hybridized carbons (Fsp3) is 0.632. The van der Waals surface area contributed by atoms with Crippen molar-refractivity contribution < 1.29 is 24.2 Å². The quantitative estimate of drug-likeness (QED) is 0.585. The first-order valence-corrected chi connectivity index (χ1v) is 8.59. The number of allylic oxidation sites excluding steroid dienone is 1. The van der Waals surface area contributed by atoms with Crippen molar-refractivity contribution in [2.45, 2.75) is 51.7 Å². The standard InChI is InChI=1S/C19H22O5/c1-8(2)10-5-11(20)7-12-13(6-10)19-15(16(12)21)9(3)4-14(17(19)22)24-18(19)23/h10,12-14,17,22H,1,4-7H2,2-3H3/t10-,12+,13+,14-,17-,19+/m0/s1. The Morgan fingerprint density at radius 3 is 2.62 bits per heavy atom. The lowest BCUT2D eigenvalue weighted by molar-refractivity contribution is -0.149. The van der Waals surface area contributed by atoms with Gasteiger partial charge >= 0.3 is 5.97 Å². The van der Waals surface area contributed by atoms with Crippen LogP contribution in [-0.4, -0.2) is 34.9 Å². The van der Waals surface area contributed by atoms with Gasteiger partial charge in [-0.3, -0.25) is 14.4 Å². The van der Waals surface area contributed by atoms with Gasteiger partial charge in [-0.1, -0.05) is 17.7 Å². The van der Waals surface area contributed by atoms with Gasteiger partial charge in [-0.2, -0.15) is 0 Å². The van der Waals surface area contributed by atoms with Crippen LogP contribution in [0.3, 0.4) is 0 Å². The molecule has 5 nitrogen and oxygen atoms in total. The molecule has 0 unspecified atom stereocenters. The normalized spacial score (nSPS) is 44.1. The van der Waals surface area contributed by atoms with Gasteiger partial charge < -0.3 is 9.84 Å². The van der Waals surface area contributed by atoms with Crippen molar-refractivity contribution in [2.75, 3.05) is 0 Å². The molecule has 0 aromatic rings. The van der Waals surface area contributed by atoms with Crippen LogP contribution >= 0.6 is 0 Å². The van der Waals surface area contributed by atoms with E-state index >= 15 is 0 Å². The van der Waals surface area contributed by atoms with Gasteiger partial charge in [0.25, 0.3) is 0 Å². The third-order valence-corrected chi connectivity index (χ3v) is 6.57. The Morgan fingerprint density at radius 1 is 1.25 bits per heavy atom. The van der Waals surface area contributed by atoms with E-state index in [1.807, 2.05) is 13.8 Å². The van der Waals surface area contributed by atoms with Crippen LogP contribution in [0, 0.1) is 23.2 Å². The third kappa shape index (κ3) is 1.71. The highest BCUT2D eigenvalue weighted by Gasteiger charge is 2.73. The van der Waals surface area contributed by atoms with Gasteiger partial charge in [-0.05, 0) is 32.1 Å². The zero-order valence-corrected chi connectivity index (χ0v) is 14.0. The number of hydrogen-bond donors (Lipinski definition) is 1. The fourth-order valence-electron chi connectivity index (χ4n) is 5.48. The molecule has 6 atom stereocenters. The van der Waals surface area contributed by atoms with Crippen molar-refractivity contribution in [1.82, 2.24) is 0 Å². The molecule has 1 aliphatic heterocycles. The van der Waals surface area contributed by atoms with Crippen LogP contribution in [0.4, 0.5) is 0 Å². The molecule has 4 aliphatic rings. The topological polar surface area (TPSA) is 80.7 Å². The van der Waals surface area contributed by atoms with Crippen LogP contribution in [0.25, 0.3) is 0 Å². The summed E-state index contributed by atoms with van der Waals surface area (Å²) < 4.78 is 5.44. The van der Waals surface area contributed by atoms with E-state index in [2.05, 4.69) is 6.58 Å². The molecule has 1 heterocycles. The predicted octanol–water partition coefficient (Wildman–Crippen LogP) is 1.74. The lowest BCUT2D eigenvalue weighted by Crippen LogP contribution is -2.47. The molecule has 24 heavy (non-hydrogen) atoms. The average molecular weight is 330 g/mol. The van der Waals surface area contributed by atoms with Crippen LogP contribution in [-0.2, 0) is 19.1 Å². The lowest BCUT2D eigenvalue weighted by Gasteiger charge is -2.37. The largest absolute Gasteiger partial charge is 0.458 e. The summed E-state index contributed by atoms with van der Waals surface area (Å²) in [4.78, 5) is 38.2. The first-order chi connectivity index (χ1) is 11.3. The second-order valence-electron chi connectivity index (χ2n) is 7.92. The maximum Gasteiger partial charge on any atom is 0.320 e. The van der Waals surface area contributed by atoms with E-state index < -0.39 is 29.5 Å². The van der Waals surface area contributed by atoms with E-state index in [0.717, 1.165) is 11.1 Å². The van der Waals surface area contributed by atoms with Crippen molar-refractivity contribution in [3.63, 3.8) is 0 Å². The molecular weight excluding hydrogens is 308 g/mol. The van der Waals surface area contributed by atoms with Crippen LogP contribution in [0.1, 0.15) is 39.5 Å². The van der Waals surface area contributed by atoms with E-state index in [1.165, 1.54) is 0 Å². The maximum atomic E-state index is 13.1. The van der Waals surface area contributed by atoms with Crippen LogP contribution in [0.5, 0.6) is 0 Å². The molecule has 0 amide bonds. The number of esters is 1. The highest BCUT2D eigenvalue weighted by molar-refractivity contribution is 6.11. The molecule has 2 bridgehead atoms. The Labute approximate surface area is 140 Å². The minimum Gasteiger partial charge on any atom is -0.458 e. The molecular formula is C19H22O5. The van der Waals surface area contributed by atoms with E-state index in [0.29, 0.717) is 24.8 Å². The summed E-state index contributed by atoms with van der Waals surface area (Å²) in [5.41, 5.74) is 0.871. The molecule has 0 aromatic carbocycles. The molecule has 1 N–H and O–H groups in total. The second-order valence-corrected chi connectivity index (χ2v) is 7.92. The molecule has 2 saturated carbocycles. The van der Waals surface area contributed by atoms with Crippen molar-refractivity contribution in [3.05, 3.63) is 23.3 Å². The van der Waals surface area contributed by atoms with Crippen molar-refractivity contribution in [1.29, 1.82) is 0 Å². The number of ether oxygens (including phenoxy) is 1. The number of rotatable bonds is 1. The Balaban J connectivity index is 1.91. The summed E-state index contributed by atoms with van der Waals surface area (Å²) in [6.45, 7) is 7.69. The number of hydrogen-bond acceptors (Lipinski definition) is 5. The van der Waals surface area contributed by atoms with E-state index in [4.69, 9.17) is 4.74 Å². The predicted molar refractivity (Wildman–Crippen MR) is 84.8 cm³/mol. The van der Waals surface area contributed by atoms with Crippen LogP contribution in [0.2, 0.25) is 0 Å². The number of ketones is 2. The van der Waals surface area contributed by atoms with Gasteiger partial charge in [0.2, 0.25) is 0 Å². The molecule has 0 aromatic heterocycles. The summed E-state index contributed by atoms with van der Waals surface area (Å²) in [6, 6.07) is 0. The fourth-order valence-corrected chi connectivity index (χ4v) is 5.48. The zero-order chi connectivity index (χ0) is 17.4. The van der Waals surface area contributed by atoms with Crippen LogP contribution < -0.4 is 0 Å². The Kier molecular flexibility index (Phi) is 3.21. The summed E-state index contributed by atoms with van der Waals surface area (Å²) in [5.74, 6) is -1.54. The minimum atomic E-state index is -1.27. The van der Waals surface area contributed by atoms with Crippen molar-refractivity contribution in [2.24, 2.45) is 23.2 Å². The zero-order valence-electron chi connectivity index (χ0n) is 14.0. The number of carbonyl (C=O) groups is 3. The van der Waals surface area contributed by atoms with E-state index in [-0.39, 0.29) is 29.8 Å². The molecule has 5 heteroatoms. The van der Waals surface area contributed by atoms with E-state index in [9.17, 15) is 19.5 Å². The average Bonchev–Trinajstić information content (AvgIpc) is 2.75. The highest BCUT2D eigenvalue weighted by Crippen LogP contribution is 2.63. The van der Waals surface area contributed by atoms with Gasteiger partial charge in [0.05, 0.1) is 0 Å². The van der Waals surface area contributed by atoms with Crippen molar-refractivity contribution >= 4 is 17.5 Å². The number of Topliss-reactive ketones (excluding diaryl/α,β-unsaturated/α-hetero) is 2. The Hall–Kier alpha value is -1.75. The summed E-state index contributed by atoms with van der Waals surface area (Å²) in [7, 11) is 0.